The van der Waals surface area contributed by atoms with Gasteiger partial charge in [-0.3, -0.25) is 0 Å². The third-order valence-electron chi connectivity index (χ3n) is 12.8. The second-order valence-corrected chi connectivity index (χ2v) is 16.4. The van der Waals surface area contributed by atoms with Gasteiger partial charge in [-0.05, 0) is 88.6 Å². The van der Waals surface area contributed by atoms with Crippen LogP contribution < -0.4 is 0 Å². The van der Waals surface area contributed by atoms with E-state index in [1.165, 1.54) is 24.5 Å². The molecule has 2 heterocycles. The van der Waals surface area contributed by atoms with E-state index < -0.39 is 74.7 Å². The number of alkyl halides is 1. The van der Waals surface area contributed by atoms with Crippen molar-refractivity contribution in [1.82, 2.24) is 9.78 Å². The molecule has 0 aromatic carbocycles. The predicted octanol–water partition coefficient (Wildman–Crippen LogP) is 7.33. The Morgan fingerprint density at radius 3 is 2.56 bits per heavy atom. The van der Waals surface area contributed by atoms with E-state index >= 15 is 8.78 Å². The molecule has 258 valence electrons. The van der Waals surface area contributed by atoms with Gasteiger partial charge in [0.1, 0.15) is 17.1 Å². The van der Waals surface area contributed by atoms with Crippen LogP contribution in [0.5, 0.6) is 0 Å². The molecule has 9 atom stereocenters. The minimum absolute atomic E-state index is 0.0988. The zero-order valence-corrected chi connectivity index (χ0v) is 28.8. The largest absolute Gasteiger partial charge is 0.457 e. The van der Waals surface area contributed by atoms with Gasteiger partial charge in [0, 0.05) is 40.2 Å². The van der Waals surface area contributed by atoms with Crippen molar-refractivity contribution in [3.05, 3.63) is 71.7 Å². The van der Waals surface area contributed by atoms with Crippen LogP contribution in [0.4, 0.5) is 8.78 Å². The third kappa shape index (κ3) is 4.16. The van der Waals surface area contributed by atoms with Crippen LogP contribution in [0.2, 0.25) is 0 Å². The van der Waals surface area contributed by atoms with Gasteiger partial charge in [-0.2, -0.15) is 5.10 Å². The summed E-state index contributed by atoms with van der Waals surface area (Å²) < 4.78 is 54.9. The number of aliphatic hydroxyl groups is 1. The minimum Gasteiger partial charge on any atom is -0.457 e. The van der Waals surface area contributed by atoms with E-state index in [0.717, 1.165) is 29.8 Å². The lowest BCUT2D eigenvalue weighted by Crippen LogP contribution is -2.73. The number of carbonyl (C=O) groups is 2. The number of fused-ring (bicyclic) bond motifs is 6. The molecule has 0 aliphatic heterocycles. The lowest BCUT2D eigenvalue weighted by Gasteiger charge is -2.66. The molecule has 2 aromatic heterocycles. The summed E-state index contributed by atoms with van der Waals surface area (Å²) in [7, 11) is 0. The molecule has 0 spiro atoms. The summed E-state index contributed by atoms with van der Waals surface area (Å²) in [5.74, 6) is -4.62. The van der Waals surface area contributed by atoms with Crippen molar-refractivity contribution in [3.63, 3.8) is 0 Å². The number of ether oxygens (including phenoxy) is 2. The van der Waals surface area contributed by atoms with Crippen LogP contribution in [0.15, 0.2) is 59.1 Å². The van der Waals surface area contributed by atoms with Gasteiger partial charge in [-0.1, -0.05) is 39.8 Å². The molecule has 7 rings (SSSR count). The van der Waals surface area contributed by atoms with Crippen LogP contribution in [0.25, 0.3) is 5.70 Å². The Morgan fingerprint density at radius 2 is 1.92 bits per heavy atom. The molecule has 4 unspecified atom stereocenters. The Balaban J connectivity index is 1.34. The number of furan rings is 1. The molecule has 10 heteroatoms. The van der Waals surface area contributed by atoms with E-state index in [1.807, 2.05) is 10.8 Å². The summed E-state index contributed by atoms with van der Waals surface area (Å²) in [5, 5.41) is 16.9. The zero-order valence-electron chi connectivity index (χ0n) is 28.8. The number of nitrogens with zero attached hydrogens (tertiary/aromatic N) is 2. The molecule has 0 saturated heterocycles. The second kappa shape index (κ2) is 10.5. The van der Waals surface area contributed by atoms with Gasteiger partial charge >= 0.3 is 11.9 Å². The molecule has 8 nitrogen and oxygen atoms in total. The Kier molecular flexibility index (Phi) is 7.21. The molecule has 48 heavy (non-hydrogen) atoms. The van der Waals surface area contributed by atoms with Crippen molar-refractivity contribution in [2.75, 3.05) is 0 Å². The number of rotatable bonds is 4. The average Bonchev–Trinajstić information content (AvgIpc) is 3.74. The Labute approximate surface area is 280 Å². The Hall–Kier alpha value is -3.53. The molecule has 0 bridgehead atoms. The predicted molar refractivity (Wildman–Crippen MR) is 174 cm³/mol. The Morgan fingerprint density at radius 1 is 1.17 bits per heavy atom. The number of carbonyl (C=O) groups excluding carboxylic acids is 2. The van der Waals surface area contributed by atoms with E-state index in [2.05, 4.69) is 17.3 Å². The normalized spacial score (nSPS) is 40.1. The number of hydrogen-bond donors (Lipinski definition) is 1. The first-order valence-electron chi connectivity index (χ1n) is 17.1. The van der Waals surface area contributed by atoms with Gasteiger partial charge in [-0.25, -0.2) is 23.1 Å². The number of halogens is 2. The number of allylic oxidation sites excluding steroid dienone is 6. The maximum atomic E-state index is 18.6. The number of aromatic nitrogens is 2. The van der Waals surface area contributed by atoms with Gasteiger partial charge in [0.15, 0.2) is 0 Å². The Bertz CT molecular complexity index is 1750. The summed E-state index contributed by atoms with van der Waals surface area (Å²) in [6.45, 7) is 12.2. The first-order chi connectivity index (χ1) is 22.4. The van der Waals surface area contributed by atoms with Crippen LogP contribution >= 0.6 is 0 Å². The fourth-order valence-corrected chi connectivity index (χ4v) is 10.2. The van der Waals surface area contributed by atoms with Crippen molar-refractivity contribution >= 4 is 17.6 Å². The van der Waals surface area contributed by atoms with Gasteiger partial charge < -0.3 is 19.0 Å². The fraction of sp³-hybridized carbons (Fsp3) is 0.605. The van der Waals surface area contributed by atoms with Gasteiger partial charge in [0.25, 0.3) is 0 Å². The molecule has 5 aliphatic carbocycles. The van der Waals surface area contributed by atoms with Gasteiger partial charge in [0.05, 0.1) is 24.3 Å². The second-order valence-electron chi connectivity index (χ2n) is 16.4. The van der Waals surface area contributed by atoms with E-state index in [9.17, 15) is 14.7 Å². The van der Waals surface area contributed by atoms with Crippen molar-refractivity contribution in [2.45, 2.75) is 110 Å². The first kappa shape index (κ1) is 33.0. The standard InChI is InChI=1S/C38H46F2N2O6/c1-22-16-25-26-17-29(39)35(6)19-27-23(21-41-42(27)24-12-9-8-10-13-24)18-36(35,7)37(26,40)30(43)20-34(25,5)38(22,32(45)48-33(2,3)4)47-31(44)28-14-11-15-46-28/h9,11-15,17,21-22,25-26,30,43H,8,10,16,18-20H2,1-7H3/t22-,25?,26?,30?,34+,35?,36+,37+,38+/m1/s1. The number of hydrogen-bond acceptors (Lipinski definition) is 7. The van der Waals surface area contributed by atoms with Crippen molar-refractivity contribution in [1.29, 1.82) is 0 Å². The molecule has 0 amide bonds. The van der Waals surface area contributed by atoms with Gasteiger partial charge in [-0.15, -0.1) is 0 Å². The quantitative estimate of drug-likeness (QED) is 0.341. The molecular formula is C38H46F2N2O6. The first-order valence-corrected chi connectivity index (χ1v) is 17.1. The smallest absolute Gasteiger partial charge is 0.375 e. The molecule has 2 aromatic rings. The monoisotopic (exact) mass is 664 g/mol. The minimum atomic E-state index is -2.28. The van der Waals surface area contributed by atoms with Crippen LogP contribution in [-0.4, -0.2) is 49.8 Å². The van der Waals surface area contributed by atoms with Crippen molar-refractivity contribution in [2.24, 2.45) is 34.0 Å². The van der Waals surface area contributed by atoms with Crippen LogP contribution in [0.1, 0.15) is 96.0 Å². The number of esters is 2. The maximum Gasteiger partial charge on any atom is 0.375 e. The van der Waals surface area contributed by atoms with Crippen LogP contribution in [-0.2, 0) is 27.1 Å². The number of aliphatic hydroxyl groups excluding tert-OH is 1. The highest BCUT2D eigenvalue weighted by atomic mass is 19.1. The third-order valence-corrected chi connectivity index (χ3v) is 12.8. The summed E-state index contributed by atoms with van der Waals surface area (Å²) in [6.07, 6.45) is 11.3. The lowest BCUT2D eigenvalue weighted by molar-refractivity contribution is -0.249. The van der Waals surface area contributed by atoms with E-state index in [0.29, 0.717) is 0 Å². The molecule has 1 N–H and O–H groups in total. The molecular weight excluding hydrogens is 618 g/mol. The topological polar surface area (TPSA) is 104 Å². The van der Waals surface area contributed by atoms with E-state index in [1.54, 1.807) is 54.7 Å². The highest BCUT2D eigenvalue weighted by molar-refractivity contribution is 5.91. The molecule has 5 aliphatic rings. The zero-order chi connectivity index (χ0) is 34.7. The van der Waals surface area contributed by atoms with E-state index in [4.69, 9.17) is 13.9 Å². The lowest BCUT2D eigenvalue weighted by atomic mass is 9.40. The summed E-state index contributed by atoms with van der Waals surface area (Å²) in [4.78, 5) is 27.9. The summed E-state index contributed by atoms with van der Waals surface area (Å²) >= 11 is 0. The van der Waals surface area contributed by atoms with Crippen LogP contribution in [0.3, 0.4) is 0 Å². The maximum absolute atomic E-state index is 18.6. The molecule has 2 saturated carbocycles. The average molecular weight is 665 g/mol. The van der Waals surface area contributed by atoms with Crippen molar-refractivity contribution in [3.8, 4) is 0 Å². The van der Waals surface area contributed by atoms with Crippen LogP contribution in [0, 0.1) is 34.0 Å². The van der Waals surface area contributed by atoms with Gasteiger partial charge in [0.2, 0.25) is 11.4 Å². The molecule has 0 radical (unpaired) electrons. The van der Waals surface area contributed by atoms with Crippen molar-refractivity contribution < 1.29 is 37.4 Å². The highest BCUT2D eigenvalue weighted by Crippen LogP contribution is 2.74. The van der Waals surface area contributed by atoms with E-state index in [-0.39, 0.29) is 31.4 Å². The highest BCUT2D eigenvalue weighted by Gasteiger charge is 2.80. The molecule has 2 fully saturated rings. The summed E-state index contributed by atoms with van der Waals surface area (Å²) in [6, 6.07) is 2.98. The fourth-order valence-electron chi connectivity index (χ4n) is 10.2. The summed E-state index contributed by atoms with van der Waals surface area (Å²) in [5.41, 5.74) is -6.51. The SMILES string of the molecule is C[C@@H]1CC2C3C=C(F)C4(C)Cc5c(cnn5C5=CCCC=C5)C[C@]4(C)[C@@]3(F)C(O)C[C@]2(C)[C@@]1(OC(=O)c1ccco1)C(=O)OC(C)(C)C.